The third-order valence-electron chi connectivity index (χ3n) is 5.27. The molecular formula is C22H31ClN2O4S. The fraction of sp³-hybridized carbons (Fsp3) is 0.455. The SMILES string of the molecule is Cc1ccc(CC2(O)CCN(CCOc3ccc(NS(C)(=O)=O)cc3)CC2)cc1.Cl. The van der Waals surface area contributed by atoms with E-state index in [1.165, 1.54) is 11.1 Å². The number of aryl methyl sites for hydroxylation is 1. The van der Waals surface area contributed by atoms with Crippen molar-refractivity contribution < 1.29 is 18.3 Å². The van der Waals surface area contributed by atoms with Gasteiger partial charge in [0.25, 0.3) is 0 Å². The van der Waals surface area contributed by atoms with Crippen molar-refractivity contribution in [2.45, 2.75) is 31.8 Å². The Morgan fingerprint density at radius 2 is 1.67 bits per heavy atom. The molecule has 0 saturated carbocycles. The molecule has 1 aliphatic heterocycles. The maximum absolute atomic E-state index is 11.2. The van der Waals surface area contributed by atoms with Gasteiger partial charge in [0.2, 0.25) is 10.0 Å². The first-order valence-corrected chi connectivity index (χ1v) is 11.8. The van der Waals surface area contributed by atoms with Gasteiger partial charge in [-0.25, -0.2) is 8.42 Å². The maximum Gasteiger partial charge on any atom is 0.229 e. The van der Waals surface area contributed by atoms with Crippen molar-refractivity contribution in [1.29, 1.82) is 0 Å². The zero-order valence-corrected chi connectivity index (χ0v) is 19.1. The zero-order valence-electron chi connectivity index (χ0n) is 17.5. The normalized spacial score (nSPS) is 16.5. The van der Waals surface area contributed by atoms with E-state index in [0.29, 0.717) is 24.5 Å². The molecule has 0 spiro atoms. The zero-order chi connectivity index (χ0) is 20.9. The van der Waals surface area contributed by atoms with Crippen molar-refractivity contribution >= 4 is 28.1 Å². The second-order valence-corrected chi connectivity index (χ2v) is 9.72. The molecule has 30 heavy (non-hydrogen) atoms. The first-order chi connectivity index (χ1) is 13.7. The number of nitrogens with zero attached hydrogens (tertiary/aromatic N) is 1. The van der Waals surface area contributed by atoms with E-state index < -0.39 is 15.6 Å². The largest absolute Gasteiger partial charge is 0.492 e. The summed E-state index contributed by atoms with van der Waals surface area (Å²) >= 11 is 0. The van der Waals surface area contributed by atoms with Gasteiger partial charge in [-0.05, 0) is 49.6 Å². The number of piperidine rings is 1. The first kappa shape index (κ1) is 24.5. The van der Waals surface area contributed by atoms with Crippen LogP contribution in [0.5, 0.6) is 5.75 Å². The first-order valence-electron chi connectivity index (χ1n) is 9.92. The summed E-state index contributed by atoms with van der Waals surface area (Å²) in [4.78, 5) is 2.31. The van der Waals surface area contributed by atoms with Crippen LogP contribution in [0.3, 0.4) is 0 Å². The Hall–Kier alpha value is -1.80. The predicted octanol–water partition coefficient (Wildman–Crippen LogP) is 3.24. The average Bonchev–Trinajstić information content (AvgIpc) is 2.66. The minimum Gasteiger partial charge on any atom is -0.492 e. The highest BCUT2D eigenvalue weighted by Gasteiger charge is 2.32. The second-order valence-electron chi connectivity index (χ2n) is 7.98. The number of rotatable bonds is 8. The highest BCUT2D eigenvalue weighted by molar-refractivity contribution is 7.92. The smallest absolute Gasteiger partial charge is 0.229 e. The van der Waals surface area contributed by atoms with E-state index in [1.807, 2.05) is 0 Å². The lowest BCUT2D eigenvalue weighted by Crippen LogP contribution is -2.46. The quantitative estimate of drug-likeness (QED) is 0.640. The Kier molecular flexibility index (Phi) is 8.55. The Bertz CT molecular complexity index is 894. The van der Waals surface area contributed by atoms with Crippen molar-refractivity contribution in [3.63, 3.8) is 0 Å². The molecule has 1 heterocycles. The van der Waals surface area contributed by atoms with E-state index in [0.717, 1.165) is 38.7 Å². The van der Waals surface area contributed by atoms with Gasteiger partial charge < -0.3 is 9.84 Å². The standard InChI is InChI=1S/C22H30N2O4S.ClH/c1-18-3-5-19(6-4-18)17-22(25)11-13-24(14-12-22)15-16-28-21-9-7-20(8-10-21)23-29(2,26)27;/h3-10,23,25H,11-17H2,1-2H3;1H. The molecule has 0 aliphatic carbocycles. The number of hydrogen-bond acceptors (Lipinski definition) is 5. The van der Waals surface area contributed by atoms with Gasteiger partial charge in [-0.1, -0.05) is 29.8 Å². The molecule has 166 valence electrons. The van der Waals surface area contributed by atoms with Crippen molar-refractivity contribution in [2.24, 2.45) is 0 Å². The Labute approximate surface area is 185 Å². The number of halogens is 1. The molecule has 1 aliphatic rings. The molecule has 8 heteroatoms. The van der Waals surface area contributed by atoms with Crippen LogP contribution in [0.1, 0.15) is 24.0 Å². The van der Waals surface area contributed by atoms with Crippen LogP contribution in [-0.2, 0) is 16.4 Å². The topological polar surface area (TPSA) is 78.9 Å². The highest BCUT2D eigenvalue weighted by atomic mass is 35.5. The van der Waals surface area contributed by atoms with Gasteiger partial charge in [-0.15, -0.1) is 12.4 Å². The minimum atomic E-state index is -3.27. The fourth-order valence-electron chi connectivity index (χ4n) is 3.58. The molecule has 3 rings (SSSR count). The second kappa shape index (κ2) is 10.5. The third-order valence-corrected chi connectivity index (χ3v) is 5.88. The molecular weight excluding hydrogens is 424 g/mol. The number of sulfonamides is 1. The van der Waals surface area contributed by atoms with Gasteiger partial charge >= 0.3 is 0 Å². The Morgan fingerprint density at radius 1 is 1.07 bits per heavy atom. The molecule has 2 aromatic carbocycles. The summed E-state index contributed by atoms with van der Waals surface area (Å²) in [6, 6.07) is 15.3. The molecule has 0 atom stereocenters. The van der Waals surface area contributed by atoms with Crippen LogP contribution in [0.25, 0.3) is 0 Å². The fourth-order valence-corrected chi connectivity index (χ4v) is 4.15. The summed E-state index contributed by atoms with van der Waals surface area (Å²) < 4.78 is 30.7. The minimum absolute atomic E-state index is 0. The molecule has 0 amide bonds. The van der Waals surface area contributed by atoms with E-state index in [-0.39, 0.29) is 12.4 Å². The van der Waals surface area contributed by atoms with E-state index in [4.69, 9.17) is 4.74 Å². The van der Waals surface area contributed by atoms with Gasteiger partial charge in [-0.3, -0.25) is 9.62 Å². The van der Waals surface area contributed by atoms with Gasteiger partial charge in [-0.2, -0.15) is 0 Å². The summed E-state index contributed by atoms with van der Waals surface area (Å²) in [5, 5.41) is 10.9. The summed E-state index contributed by atoms with van der Waals surface area (Å²) in [5.74, 6) is 0.705. The molecule has 0 radical (unpaired) electrons. The number of benzene rings is 2. The molecule has 0 aromatic heterocycles. The van der Waals surface area contributed by atoms with Crippen LogP contribution in [0.4, 0.5) is 5.69 Å². The van der Waals surface area contributed by atoms with Gasteiger partial charge in [0.15, 0.2) is 0 Å². The molecule has 2 N–H and O–H groups in total. The number of anilines is 1. The van der Waals surface area contributed by atoms with Crippen molar-refractivity contribution in [2.75, 3.05) is 37.2 Å². The van der Waals surface area contributed by atoms with Crippen LogP contribution in [0, 0.1) is 6.92 Å². The molecule has 0 bridgehead atoms. The number of likely N-dealkylation sites (tertiary alicyclic amines) is 1. The summed E-state index contributed by atoms with van der Waals surface area (Å²) in [6.45, 7) is 5.12. The van der Waals surface area contributed by atoms with Crippen LogP contribution in [0.15, 0.2) is 48.5 Å². The van der Waals surface area contributed by atoms with Crippen molar-refractivity contribution in [3.8, 4) is 5.75 Å². The molecule has 1 saturated heterocycles. The number of hydrogen-bond donors (Lipinski definition) is 2. The lowest BCUT2D eigenvalue weighted by Gasteiger charge is -2.38. The van der Waals surface area contributed by atoms with Gasteiger partial charge in [0.05, 0.1) is 11.9 Å². The van der Waals surface area contributed by atoms with Crippen LogP contribution >= 0.6 is 12.4 Å². The maximum atomic E-state index is 11.2. The monoisotopic (exact) mass is 454 g/mol. The van der Waals surface area contributed by atoms with Crippen LogP contribution < -0.4 is 9.46 Å². The van der Waals surface area contributed by atoms with Crippen LogP contribution in [0.2, 0.25) is 0 Å². The number of ether oxygens (including phenoxy) is 1. The summed E-state index contributed by atoms with van der Waals surface area (Å²) in [5.41, 5.74) is 2.30. The third kappa shape index (κ3) is 7.80. The summed E-state index contributed by atoms with van der Waals surface area (Å²) in [7, 11) is -3.27. The van der Waals surface area contributed by atoms with Gasteiger partial charge in [0, 0.05) is 31.7 Å². The molecule has 1 fully saturated rings. The highest BCUT2D eigenvalue weighted by Crippen LogP contribution is 2.26. The summed E-state index contributed by atoms with van der Waals surface area (Å²) in [6.07, 6.45) is 3.34. The number of nitrogens with one attached hydrogen (secondary N) is 1. The lowest BCUT2D eigenvalue weighted by atomic mass is 9.85. The van der Waals surface area contributed by atoms with E-state index in [1.54, 1.807) is 24.3 Å². The lowest BCUT2D eigenvalue weighted by molar-refractivity contribution is -0.0226. The van der Waals surface area contributed by atoms with Crippen molar-refractivity contribution in [1.82, 2.24) is 4.90 Å². The van der Waals surface area contributed by atoms with E-state index in [9.17, 15) is 13.5 Å². The van der Waals surface area contributed by atoms with E-state index >= 15 is 0 Å². The molecule has 0 unspecified atom stereocenters. The van der Waals surface area contributed by atoms with Crippen LogP contribution in [-0.4, -0.2) is 56.5 Å². The van der Waals surface area contributed by atoms with Crippen molar-refractivity contribution in [3.05, 3.63) is 59.7 Å². The number of aliphatic hydroxyl groups is 1. The average molecular weight is 455 g/mol. The van der Waals surface area contributed by atoms with E-state index in [2.05, 4.69) is 40.8 Å². The Balaban J connectivity index is 0.00000320. The molecule has 6 nitrogen and oxygen atoms in total. The Morgan fingerprint density at radius 3 is 2.23 bits per heavy atom. The molecule has 2 aromatic rings. The van der Waals surface area contributed by atoms with Gasteiger partial charge in [0.1, 0.15) is 12.4 Å². The predicted molar refractivity (Wildman–Crippen MR) is 123 cm³/mol.